The molecule has 1 aromatic heterocycles. The van der Waals surface area contributed by atoms with Crippen molar-refractivity contribution < 1.29 is 9.59 Å². The monoisotopic (exact) mass is 284 g/mol. The predicted molar refractivity (Wildman–Crippen MR) is 79.8 cm³/mol. The van der Waals surface area contributed by atoms with Crippen LogP contribution in [0, 0.1) is 5.92 Å². The van der Waals surface area contributed by atoms with Gasteiger partial charge in [0, 0.05) is 24.9 Å². The molecule has 3 rings (SSSR count). The van der Waals surface area contributed by atoms with Crippen molar-refractivity contribution in [1.29, 1.82) is 0 Å². The highest BCUT2D eigenvalue weighted by Crippen LogP contribution is 2.29. The number of carbonyl (C=O) groups is 2. The van der Waals surface area contributed by atoms with Gasteiger partial charge in [0.25, 0.3) is 0 Å². The average molecular weight is 284 g/mol. The molecule has 0 spiro atoms. The number of aromatic nitrogens is 2. The Morgan fingerprint density at radius 1 is 1.52 bits per heavy atom. The molecule has 1 aliphatic rings. The van der Waals surface area contributed by atoms with E-state index in [2.05, 4.69) is 22.1 Å². The fraction of sp³-hybridized carbons (Fsp3) is 0.267. The zero-order valence-corrected chi connectivity index (χ0v) is 11.5. The largest absolute Gasteiger partial charge is 0.352 e. The Morgan fingerprint density at radius 2 is 2.33 bits per heavy atom. The average Bonchev–Trinajstić information content (AvgIpc) is 3.08. The number of anilines is 1. The summed E-state index contributed by atoms with van der Waals surface area (Å²) in [5.41, 5.74) is 0.875. The highest BCUT2D eigenvalue weighted by molar-refractivity contribution is 6.05. The van der Waals surface area contributed by atoms with Crippen molar-refractivity contribution in [3.63, 3.8) is 0 Å². The van der Waals surface area contributed by atoms with E-state index < -0.39 is 0 Å². The minimum atomic E-state index is -0.340. The lowest BCUT2D eigenvalue weighted by molar-refractivity contribution is -0.126. The van der Waals surface area contributed by atoms with Crippen LogP contribution in [0.4, 0.5) is 5.82 Å². The van der Waals surface area contributed by atoms with Gasteiger partial charge in [0.15, 0.2) is 5.82 Å². The molecule has 1 atom stereocenters. The number of para-hydroxylation sites is 1. The van der Waals surface area contributed by atoms with Gasteiger partial charge in [0.2, 0.25) is 11.8 Å². The number of hydrogen-bond donors (Lipinski definition) is 2. The second kappa shape index (κ2) is 5.40. The molecule has 1 aromatic carbocycles. The van der Waals surface area contributed by atoms with Crippen LogP contribution >= 0.6 is 0 Å². The molecule has 1 unspecified atom stereocenters. The van der Waals surface area contributed by atoms with Crippen LogP contribution < -0.4 is 10.2 Å². The first-order valence-electron chi connectivity index (χ1n) is 6.83. The van der Waals surface area contributed by atoms with Gasteiger partial charge in [-0.05, 0) is 12.1 Å². The molecular weight excluding hydrogens is 268 g/mol. The molecule has 1 saturated heterocycles. The molecule has 0 bridgehead atoms. The molecule has 0 radical (unpaired) electrons. The summed E-state index contributed by atoms with van der Waals surface area (Å²) in [6, 6.07) is 7.62. The predicted octanol–water partition coefficient (Wildman–Crippen LogP) is 1.22. The number of nitrogens with one attached hydrogen (secondary N) is 2. The molecule has 2 aromatic rings. The lowest BCUT2D eigenvalue weighted by Gasteiger charge is -2.14. The lowest BCUT2D eigenvalue weighted by Crippen LogP contribution is -2.33. The van der Waals surface area contributed by atoms with Gasteiger partial charge in [-0.1, -0.05) is 18.2 Å². The van der Waals surface area contributed by atoms with Gasteiger partial charge in [-0.15, -0.1) is 6.58 Å². The van der Waals surface area contributed by atoms with Crippen LogP contribution in [0.25, 0.3) is 10.9 Å². The molecule has 6 nitrogen and oxygen atoms in total. The third-order valence-corrected chi connectivity index (χ3v) is 3.62. The number of H-pyrrole nitrogens is 1. The second-order valence-electron chi connectivity index (χ2n) is 5.03. The summed E-state index contributed by atoms with van der Waals surface area (Å²) in [5, 5.41) is 10.7. The maximum absolute atomic E-state index is 12.2. The molecule has 2 heterocycles. The Bertz CT molecular complexity index is 707. The zero-order chi connectivity index (χ0) is 14.8. The van der Waals surface area contributed by atoms with E-state index in [4.69, 9.17) is 0 Å². The van der Waals surface area contributed by atoms with Crippen molar-refractivity contribution in [2.45, 2.75) is 6.42 Å². The van der Waals surface area contributed by atoms with Crippen LogP contribution in [0.1, 0.15) is 6.42 Å². The lowest BCUT2D eigenvalue weighted by atomic mass is 10.1. The summed E-state index contributed by atoms with van der Waals surface area (Å²) >= 11 is 0. The number of hydrogen-bond acceptors (Lipinski definition) is 3. The molecular formula is C15H16N4O2. The summed E-state index contributed by atoms with van der Waals surface area (Å²) in [6.45, 7) is 4.33. The van der Waals surface area contributed by atoms with E-state index in [-0.39, 0.29) is 24.2 Å². The van der Waals surface area contributed by atoms with Gasteiger partial charge in [0.1, 0.15) is 0 Å². The van der Waals surface area contributed by atoms with Crippen molar-refractivity contribution in [2.75, 3.05) is 18.0 Å². The topological polar surface area (TPSA) is 78.1 Å². The van der Waals surface area contributed by atoms with E-state index in [1.54, 1.807) is 11.0 Å². The van der Waals surface area contributed by atoms with Crippen molar-refractivity contribution in [3.05, 3.63) is 36.9 Å². The Hall–Kier alpha value is -2.63. The van der Waals surface area contributed by atoms with Gasteiger partial charge < -0.3 is 5.32 Å². The SMILES string of the molecule is C=CCNC(=O)C1CC(=O)N(c2n[nH]c3ccccc23)C1. The number of amides is 2. The van der Waals surface area contributed by atoms with Gasteiger partial charge in [-0.25, -0.2) is 0 Å². The first-order chi connectivity index (χ1) is 10.2. The molecule has 1 fully saturated rings. The van der Waals surface area contributed by atoms with Crippen LogP contribution in [0.15, 0.2) is 36.9 Å². The first-order valence-corrected chi connectivity index (χ1v) is 6.83. The first kappa shape index (κ1) is 13.4. The van der Waals surface area contributed by atoms with E-state index in [0.29, 0.717) is 18.9 Å². The standard InChI is InChI=1S/C15H16N4O2/c1-2-7-16-15(21)10-8-13(20)19(9-10)14-11-5-3-4-6-12(11)17-18-14/h2-6,10H,1,7-9H2,(H,16,21)(H,17,18). The maximum atomic E-state index is 12.2. The molecule has 2 N–H and O–H groups in total. The summed E-state index contributed by atoms with van der Waals surface area (Å²) in [5.74, 6) is 0.0548. The van der Waals surface area contributed by atoms with Crippen LogP contribution in [-0.2, 0) is 9.59 Å². The van der Waals surface area contributed by atoms with Gasteiger partial charge in [-0.3, -0.25) is 19.6 Å². The summed E-state index contributed by atoms with van der Waals surface area (Å²) < 4.78 is 0. The number of fused-ring (bicyclic) bond motifs is 1. The fourth-order valence-electron chi connectivity index (χ4n) is 2.56. The van der Waals surface area contributed by atoms with E-state index >= 15 is 0 Å². The van der Waals surface area contributed by atoms with E-state index in [0.717, 1.165) is 10.9 Å². The van der Waals surface area contributed by atoms with Gasteiger partial charge in [-0.2, -0.15) is 5.10 Å². The third-order valence-electron chi connectivity index (χ3n) is 3.62. The smallest absolute Gasteiger partial charge is 0.229 e. The fourth-order valence-corrected chi connectivity index (χ4v) is 2.56. The third kappa shape index (κ3) is 2.40. The number of rotatable bonds is 4. The van der Waals surface area contributed by atoms with E-state index in [1.165, 1.54) is 0 Å². The number of aromatic amines is 1. The van der Waals surface area contributed by atoms with E-state index in [1.807, 2.05) is 24.3 Å². The van der Waals surface area contributed by atoms with Crippen LogP contribution in [-0.4, -0.2) is 35.1 Å². The molecule has 21 heavy (non-hydrogen) atoms. The Morgan fingerprint density at radius 3 is 3.14 bits per heavy atom. The van der Waals surface area contributed by atoms with Crippen LogP contribution in [0.3, 0.4) is 0 Å². The summed E-state index contributed by atoms with van der Waals surface area (Å²) in [4.78, 5) is 25.7. The molecule has 0 saturated carbocycles. The van der Waals surface area contributed by atoms with Crippen LogP contribution in [0.5, 0.6) is 0 Å². The van der Waals surface area contributed by atoms with Gasteiger partial charge in [0.05, 0.1) is 11.4 Å². The number of nitrogens with zero attached hydrogens (tertiary/aromatic N) is 2. The second-order valence-corrected chi connectivity index (χ2v) is 5.03. The minimum Gasteiger partial charge on any atom is -0.352 e. The zero-order valence-electron chi connectivity index (χ0n) is 11.5. The maximum Gasteiger partial charge on any atom is 0.229 e. The van der Waals surface area contributed by atoms with Crippen molar-refractivity contribution in [1.82, 2.24) is 15.5 Å². The molecule has 2 amide bonds. The number of carbonyl (C=O) groups excluding carboxylic acids is 2. The highest BCUT2D eigenvalue weighted by Gasteiger charge is 2.36. The highest BCUT2D eigenvalue weighted by atomic mass is 16.2. The molecule has 108 valence electrons. The quantitative estimate of drug-likeness (QED) is 0.829. The molecule has 1 aliphatic heterocycles. The normalized spacial score (nSPS) is 18.2. The Kier molecular flexibility index (Phi) is 3.43. The minimum absolute atomic E-state index is 0.0778. The van der Waals surface area contributed by atoms with Crippen LogP contribution in [0.2, 0.25) is 0 Å². The Labute approximate surface area is 121 Å². The Balaban J connectivity index is 1.82. The van der Waals surface area contributed by atoms with Crippen molar-refractivity contribution in [3.8, 4) is 0 Å². The molecule has 6 heteroatoms. The van der Waals surface area contributed by atoms with Crippen molar-refractivity contribution in [2.24, 2.45) is 5.92 Å². The van der Waals surface area contributed by atoms with Crippen molar-refractivity contribution >= 4 is 28.5 Å². The van der Waals surface area contributed by atoms with E-state index in [9.17, 15) is 9.59 Å². The summed E-state index contributed by atoms with van der Waals surface area (Å²) in [7, 11) is 0. The van der Waals surface area contributed by atoms with Gasteiger partial charge >= 0.3 is 0 Å². The number of benzene rings is 1. The molecule has 0 aliphatic carbocycles. The summed E-state index contributed by atoms with van der Waals surface area (Å²) in [6.07, 6.45) is 1.83.